The molecule has 4 heteroatoms. The molecule has 3 rings (SSSR count). The Bertz CT molecular complexity index is 842. The van der Waals surface area contributed by atoms with E-state index in [0.29, 0.717) is 17.9 Å². The zero-order chi connectivity index (χ0) is 16.8. The van der Waals surface area contributed by atoms with E-state index >= 15 is 0 Å². The van der Waals surface area contributed by atoms with Gasteiger partial charge in [0.1, 0.15) is 16.4 Å². The Balaban J connectivity index is 1.68. The molecule has 0 radical (unpaired) electrons. The Morgan fingerprint density at radius 1 is 0.875 bits per heavy atom. The monoisotopic (exact) mass is 338 g/mol. The van der Waals surface area contributed by atoms with Crippen LogP contribution in [0.4, 0.5) is 0 Å². The Morgan fingerprint density at radius 3 is 2.12 bits per heavy atom. The quantitative estimate of drug-likeness (QED) is 0.676. The first-order valence-electron chi connectivity index (χ1n) is 7.79. The molecule has 0 unspecified atom stereocenters. The first-order chi connectivity index (χ1) is 11.7. The molecule has 0 aliphatic rings. The van der Waals surface area contributed by atoms with Gasteiger partial charge in [-0.3, -0.25) is 0 Å². The fraction of sp³-hybridized carbons (Fsp3) is 0.150. The number of hydrogen-bond acceptors (Lipinski definition) is 4. The van der Waals surface area contributed by atoms with Gasteiger partial charge in [-0.25, -0.2) is 4.79 Å². The molecule has 0 aliphatic carbocycles. The minimum Gasteiger partial charge on any atom is -0.506 e. The number of aromatic hydroxyl groups is 1. The fourth-order valence-electron chi connectivity index (χ4n) is 2.42. The van der Waals surface area contributed by atoms with Crippen molar-refractivity contribution >= 4 is 11.8 Å². The Morgan fingerprint density at radius 2 is 1.50 bits per heavy atom. The molecule has 1 aromatic heterocycles. The Labute approximate surface area is 145 Å². The lowest BCUT2D eigenvalue weighted by atomic mass is 10.1. The largest absolute Gasteiger partial charge is 0.506 e. The minimum atomic E-state index is -0.473. The Hall–Kier alpha value is -2.46. The first-order valence-corrected chi connectivity index (χ1v) is 8.77. The average molecular weight is 338 g/mol. The zero-order valence-electron chi connectivity index (χ0n) is 13.1. The van der Waals surface area contributed by atoms with Gasteiger partial charge in [0.05, 0.1) is 0 Å². The maximum absolute atomic E-state index is 12.1. The van der Waals surface area contributed by atoms with Crippen molar-refractivity contribution in [1.29, 1.82) is 0 Å². The smallest absolute Gasteiger partial charge is 0.353 e. The van der Waals surface area contributed by atoms with Gasteiger partial charge in [0.25, 0.3) is 0 Å². The van der Waals surface area contributed by atoms with E-state index in [9.17, 15) is 9.90 Å². The van der Waals surface area contributed by atoms with E-state index in [2.05, 4.69) is 0 Å². The van der Waals surface area contributed by atoms with Gasteiger partial charge in [-0.05, 0) is 17.5 Å². The molecule has 122 valence electrons. The number of aryl methyl sites for hydroxylation is 2. The minimum absolute atomic E-state index is 0.00440. The highest BCUT2D eigenvalue weighted by Crippen LogP contribution is 2.28. The summed E-state index contributed by atoms with van der Waals surface area (Å²) in [6.07, 6.45) is 1.34. The SMILES string of the molecule is O=c1oc(CCc2ccccc2)cc(O)c1SCc1ccccc1. The molecule has 1 heterocycles. The molecule has 0 fully saturated rings. The van der Waals surface area contributed by atoms with Crippen molar-refractivity contribution in [2.75, 3.05) is 0 Å². The number of benzene rings is 2. The van der Waals surface area contributed by atoms with Gasteiger partial charge in [-0.1, -0.05) is 60.7 Å². The zero-order valence-corrected chi connectivity index (χ0v) is 14.0. The van der Waals surface area contributed by atoms with Gasteiger partial charge >= 0.3 is 5.63 Å². The first kappa shape index (κ1) is 16.4. The van der Waals surface area contributed by atoms with Crippen LogP contribution < -0.4 is 5.63 Å². The summed E-state index contributed by atoms with van der Waals surface area (Å²) in [6.45, 7) is 0. The molecule has 0 amide bonds. The van der Waals surface area contributed by atoms with Gasteiger partial charge in [0.2, 0.25) is 0 Å². The van der Waals surface area contributed by atoms with Crippen molar-refractivity contribution in [2.24, 2.45) is 0 Å². The molecule has 3 nitrogen and oxygen atoms in total. The highest BCUT2D eigenvalue weighted by atomic mass is 32.2. The van der Waals surface area contributed by atoms with Crippen molar-refractivity contribution < 1.29 is 9.52 Å². The lowest BCUT2D eigenvalue weighted by molar-refractivity contribution is 0.402. The van der Waals surface area contributed by atoms with Crippen LogP contribution in [0, 0.1) is 0 Å². The second-order valence-corrected chi connectivity index (χ2v) is 6.46. The molecule has 0 aliphatic heterocycles. The summed E-state index contributed by atoms with van der Waals surface area (Å²) in [4.78, 5) is 12.4. The van der Waals surface area contributed by atoms with Crippen LogP contribution in [0.5, 0.6) is 5.75 Å². The van der Waals surface area contributed by atoms with E-state index < -0.39 is 5.63 Å². The molecule has 24 heavy (non-hydrogen) atoms. The Kier molecular flexibility index (Phi) is 5.39. The maximum atomic E-state index is 12.1. The normalized spacial score (nSPS) is 10.7. The van der Waals surface area contributed by atoms with Gasteiger partial charge in [0, 0.05) is 18.2 Å². The van der Waals surface area contributed by atoms with Gasteiger partial charge < -0.3 is 9.52 Å². The van der Waals surface area contributed by atoms with Crippen molar-refractivity contribution in [3.8, 4) is 5.75 Å². The van der Waals surface area contributed by atoms with Crippen LogP contribution in [0.15, 0.2) is 80.8 Å². The molecule has 0 bridgehead atoms. The van der Waals surface area contributed by atoms with Crippen molar-refractivity contribution in [3.63, 3.8) is 0 Å². The molecule has 0 spiro atoms. The third kappa shape index (κ3) is 4.30. The van der Waals surface area contributed by atoms with Crippen LogP contribution in [0.3, 0.4) is 0 Å². The summed E-state index contributed by atoms with van der Waals surface area (Å²) in [5.74, 6) is 1.11. The summed E-state index contributed by atoms with van der Waals surface area (Å²) < 4.78 is 5.36. The van der Waals surface area contributed by atoms with Gasteiger partial charge in [-0.15, -0.1) is 11.8 Å². The van der Waals surface area contributed by atoms with Crippen molar-refractivity contribution in [3.05, 3.63) is 94.0 Å². The predicted octanol–water partition coefficient (Wildman–Crippen LogP) is 4.42. The van der Waals surface area contributed by atoms with Crippen LogP contribution in [0.1, 0.15) is 16.9 Å². The molecular weight excluding hydrogens is 320 g/mol. The van der Waals surface area contributed by atoms with E-state index in [4.69, 9.17) is 4.42 Å². The van der Waals surface area contributed by atoms with Crippen LogP contribution in [0.25, 0.3) is 0 Å². The molecule has 0 saturated heterocycles. The van der Waals surface area contributed by atoms with E-state index in [1.807, 2.05) is 60.7 Å². The molecule has 0 atom stereocenters. The average Bonchev–Trinajstić information content (AvgIpc) is 2.61. The summed E-state index contributed by atoms with van der Waals surface area (Å²) in [5, 5.41) is 10.2. The number of thioether (sulfide) groups is 1. The topological polar surface area (TPSA) is 50.4 Å². The third-order valence-electron chi connectivity index (χ3n) is 3.67. The maximum Gasteiger partial charge on any atom is 0.353 e. The summed E-state index contributed by atoms with van der Waals surface area (Å²) in [6, 6.07) is 21.4. The van der Waals surface area contributed by atoms with E-state index in [1.54, 1.807) is 6.07 Å². The summed E-state index contributed by atoms with van der Waals surface area (Å²) in [5.41, 5.74) is 1.79. The highest BCUT2D eigenvalue weighted by Gasteiger charge is 2.12. The highest BCUT2D eigenvalue weighted by molar-refractivity contribution is 7.98. The number of hydrogen-bond donors (Lipinski definition) is 1. The van der Waals surface area contributed by atoms with Crippen LogP contribution in [-0.2, 0) is 18.6 Å². The molecule has 2 aromatic carbocycles. The molecule has 3 aromatic rings. The van der Waals surface area contributed by atoms with E-state index in [1.165, 1.54) is 17.3 Å². The van der Waals surface area contributed by atoms with Crippen LogP contribution >= 0.6 is 11.8 Å². The second-order valence-electron chi connectivity index (χ2n) is 5.47. The molecule has 0 saturated carbocycles. The second kappa shape index (κ2) is 7.88. The third-order valence-corrected chi connectivity index (χ3v) is 4.81. The number of rotatable bonds is 6. The molecular formula is C20H18O3S. The molecule has 1 N–H and O–H groups in total. The van der Waals surface area contributed by atoms with Crippen LogP contribution in [0.2, 0.25) is 0 Å². The predicted molar refractivity (Wildman–Crippen MR) is 96.5 cm³/mol. The van der Waals surface area contributed by atoms with Crippen LogP contribution in [-0.4, -0.2) is 5.11 Å². The standard InChI is InChI=1S/C20H18O3S/c21-18-13-17(12-11-15-7-3-1-4-8-15)23-20(22)19(18)24-14-16-9-5-2-6-10-16/h1-10,13,21H,11-12,14H2. The summed E-state index contributed by atoms with van der Waals surface area (Å²) in [7, 11) is 0. The van der Waals surface area contributed by atoms with E-state index in [0.717, 1.165) is 12.0 Å². The summed E-state index contributed by atoms with van der Waals surface area (Å²) >= 11 is 1.29. The van der Waals surface area contributed by atoms with Gasteiger partial charge in [0.15, 0.2) is 0 Å². The van der Waals surface area contributed by atoms with Crippen molar-refractivity contribution in [1.82, 2.24) is 0 Å². The fourth-order valence-corrected chi connectivity index (χ4v) is 3.29. The van der Waals surface area contributed by atoms with Crippen molar-refractivity contribution in [2.45, 2.75) is 23.5 Å². The van der Waals surface area contributed by atoms with Gasteiger partial charge in [-0.2, -0.15) is 0 Å². The van der Waals surface area contributed by atoms with E-state index in [-0.39, 0.29) is 10.6 Å². The lowest BCUT2D eigenvalue weighted by Crippen LogP contribution is -2.05. The lowest BCUT2D eigenvalue weighted by Gasteiger charge is -2.06.